The van der Waals surface area contributed by atoms with E-state index in [1.807, 2.05) is 45.0 Å². The largest absolute Gasteiger partial charge is 0.446 e. The van der Waals surface area contributed by atoms with Crippen molar-refractivity contribution in [1.82, 2.24) is 19.4 Å². The third-order valence-corrected chi connectivity index (χ3v) is 9.62. The fourth-order valence-corrected chi connectivity index (χ4v) is 7.34. The summed E-state index contributed by atoms with van der Waals surface area (Å²) in [6.07, 6.45) is 1.43. The number of amides is 1. The maximum Gasteiger partial charge on any atom is 0.446 e. The Labute approximate surface area is 246 Å². The van der Waals surface area contributed by atoms with Crippen LogP contribution in [0.4, 0.5) is 13.2 Å². The Balaban J connectivity index is 1.31. The molecular formula is C28H28BrF3N4O2S2. The van der Waals surface area contributed by atoms with Crippen LogP contribution >= 0.6 is 39.0 Å². The summed E-state index contributed by atoms with van der Waals surface area (Å²) in [7, 11) is 0. The number of aromatic amines is 1. The smallest absolute Gasteiger partial charge is 0.341 e. The lowest BCUT2D eigenvalue weighted by Crippen LogP contribution is -2.40. The summed E-state index contributed by atoms with van der Waals surface area (Å²) in [5, 5.41) is 0.896. The van der Waals surface area contributed by atoms with Crippen molar-refractivity contribution in [3.8, 4) is 11.3 Å². The van der Waals surface area contributed by atoms with Gasteiger partial charge in [-0.05, 0) is 81.8 Å². The molecule has 40 heavy (non-hydrogen) atoms. The first kappa shape index (κ1) is 28.9. The predicted molar refractivity (Wildman–Crippen MR) is 157 cm³/mol. The Morgan fingerprint density at radius 1 is 1.15 bits per heavy atom. The number of piperidine rings is 1. The molecule has 1 N–H and O–H groups in total. The molecule has 6 nitrogen and oxygen atoms in total. The summed E-state index contributed by atoms with van der Waals surface area (Å²) in [6.45, 7) is 6.97. The van der Waals surface area contributed by atoms with Crippen LogP contribution in [-0.4, -0.2) is 43.9 Å². The number of imidazole rings is 1. The lowest BCUT2D eigenvalue weighted by atomic mass is 9.86. The van der Waals surface area contributed by atoms with E-state index in [2.05, 4.69) is 20.9 Å². The number of carbonyl (C=O) groups excluding carboxylic acids is 1. The highest BCUT2D eigenvalue weighted by molar-refractivity contribution is 9.11. The SMILES string of the molecule is CC(C)(C)c1cc(SC(F)(F)F)cc(-c2nc(C3CCN(C(=O)Cn4c(=O)[nH]c5ccccc54)CC3)sc2Br)c1. The maximum atomic E-state index is 13.2. The molecular weight excluding hydrogens is 625 g/mol. The third-order valence-electron chi connectivity index (χ3n) is 7.05. The molecule has 0 bridgehead atoms. The van der Waals surface area contributed by atoms with Crippen LogP contribution < -0.4 is 5.69 Å². The number of carbonyl (C=O) groups is 1. The van der Waals surface area contributed by atoms with Crippen LogP contribution in [0, 0.1) is 0 Å². The standard InChI is InChI=1S/C28H28BrF3N4O2S2/c1-27(2,3)18-12-17(13-19(14-18)40-28(30,31)32)23-24(29)39-25(34-23)16-8-10-35(11-9-16)22(37)15-36-21-7-5-4-6-20(21)33-26(36)38/h4-7,12-14,16H,8-11,15H2,1-3H3,(H,33,38). The molecule has 0 spiro atoms. The number of nitrogens with zero attached hydrogens (tertiary/aromatic N) is 3. The summed E-state index contributed by atoms with van der Waals surface area (Å²) in [6, 6.07) is 12.3. The molecule has 1 aliphatic heterocycles. The molecule has 3 heterocycles. The molecule has 0 radical (unpaired) electrons. The normalized spacial score (nSPS) is 15.2. The number of benzene rings is 2. The van der Waals surface area contributed by atoms with Gasteiger partial charge >= 0.3 is 11.2 Å². The molecule has 0 atom stereocenters. The van der Waals surface area contributed by atoms with E-state index in [9.17, 15) is 22.8 Å². The zero-order valence-corrected chi connectivity index (χ0v) is 25.4. The van der Waals surface area contributed by atoms with Crippen molar-refractivity contribution >= 4 is 56.0 Å². The minimum absolute atomic E-state index is 0.0250. The van der Waals surface area contributed by atoms with Gasteiger partial charge in [0, 0.05) is 29.5 Å². The molecule has 12 heteroatoms. The molecule has 1 aliphatic rings. The number of halogens is 4. The number of fused-ring (bicyclic) bond motifs is 1. The third kappa shape index (κ3) is 6.33. The summed E-state index contributed by atoms with van der Waals surface area (Å²) in [5.41, 5.74) is -1.55. The molecule has 2 aromatic heterocycles. The van der Waals surface area contributed by atoms with Gasteiger partial charge in [0.05, 0.1) is 25.5 Å². The van der Waals surface area contributed by atoms with Gasteiger partial charge in [0.15, 0.2) is 0 Å². The van der Waals surface area contributed by atoms with Gasteiger partial charge in [-0.2, -0.15) is 13.2 Å². The summed E-state index contributed by atoms with van der Waals surface area (Å²) in [5.74, 6) is 0.0183. The van der Waals surface area contributed by atoms with Crippen molar-refractivity contribution in [3.05, 3.63) is 67.3 Å². The lowest BCUT2D eigenvalue weighted by molar-refractivity contribution is -0.132. The van der Waals surface area contributed by atoms with Gasteiger partial charge in [-0.1, -0.05) is 32.9 Å². The molecule has 1 fully saturated rings. The van der Waals surface area contributed by atoms with Gasteiger partial charge in [-0.15, -0.1) is 11.3 Å². The zero-order valence-electron chi connectivity index (χ0n) is 22.1. The van der Waals surface area contributed by atoms with Gasteiger partial charge in [0.1, 0.15) is 6.54 Å². The Bertz CT molecular complexity index is 1610. The fraction of sp³-hybridized carbons (Fsp3) is 0.393. The van der Waals surface area contributed by atoms with Crippen LogP contribution in [0.1, 0.15) is 50.1 Å². The van der Waals surface area contributed by atoms with E-state index in [0.29, 0.717) is 48.2 Å². The number of alkyl halides is 3. The molecule has 0 saturated carbocycles. The van der Waals surface area contributed by atoms with Crippen molar-refractivity contribution in [3.63, 3.8) is 0 Å². The van der Waals surface area contributed by atoms with Crippen LogP contribution in [-0.2, 0) is 16.8 Å². The van der Waals surface area contributed by atoms with E-state index >= 15 is 0 Å². The molecule has 0 aliphatic carbocycles. The van der Waals surface area contributed by atoms with Crippen molar-refractivity contribution < 1.29 is 18.0 Å². The number of nitrogens with one attached hydrogen (secondary N) is 1. The number of aromatic nitrogens is 3. The van der Waals surface area contributed by atoms with Crippen LogP contribution in [0.2, 0.25) is 0 Å². The first-order valence-electron chi connectivity index (χ1n) is 12.8. The van der Waals surface area contributed by atoms with Crippen molar-refractivity contribution in [1.29, 1.82) is 0 Å². The van der Waals surface area contributed by atoms with Crippen LogP contribution in [0.15, 0.2) is 55.9 Å². The minimum atomic E-state index is -4.38. The molecule has 1 saturated heterocycles. The minimum Gasteiger partial charge on any atom is -0.341 e. The van der Waals surface area contributed by atoms with E-state index in [1.165, 1.54) is 15.9 Å². The maximum absolute atomic E-state index is 13.2. The first-order chi connectivity index (χ1) is 18.8. The van der Waals surface area contributed by atoms with Gasteiger partial charge in [-0.25, -0.2) is 9.78 Å². The van der Waals surface area contributed by atoms with Gasteiger partial charge < -0.3 is 9.88 Å². The summed E-state index contributed by atoms with van der Waals surface area (Å²) >= 11 is 4.98. The molecule has 0 unspecified atom stereocenters. The van der Waals surface area contributed by atoms with E-state index in [-0.39, 0.29) is 46.1 Å². The zero-order chi connectivity index (χ0) is 28.8. The van der Waals surface area contributed by atoms with Crippen molar-refractivity contribution in [2.45, 2.75) is 61.9 Å². The summed E-state index contributed by atoms with van der Waals surface area (Å²) in [4.78, 5) is 35.0. The lowest BCUT2D eigenvalue weighted by Gasteiger charge is -2.31. The van der Waals surface area contributed by atoms with Crippen LogP contribution in [0.3, 0.4) is 0 Å². The quantitative estimate of drug-likeness (QED) is 0.226. The first-order valence-corrected chi connectivity index (χ1v) is 15.2. The average molecular weight is 654 g/mol. The second-order valence-electron chi connectivity index (χ2n) is 10.9. The highest BCUT2D eigenvalue weighted by Gasteiger charge is 2.31. The fourth-order valence-electron chi connectivity index (χ4n) is 4.91. The number of rotatable bonds is 5. The molecule has 1 amide bonds. The molecule has 212 valence electrons. The number of likely N-dealkylation sites (tertiary alicyclic amines) is 1. The Kier molecular flexibility index (Phi) is 7.97. The second-order valence-corrected chi connectivity index (χ2v) is 14.4. The molecule has 2 aromatic carbocycles. The number of H-pyrrole nitrogens is 1. The number of hydrogen-bond acceptors (Lipinski definition) is 5. The topological polar surface area (TPSA) is 71.0 Å². The van der Waals surface area contributed by atoms with E-state index < -0.39 is 5.51 Å². The number of thiazole rings is 1. The van der Waals surface area contributed by atoms with Gasteiger partial charge in [-0.3, -0.25) is 9.36 Å². The van der Waals surface area contributed by atoms with Crippen molar-refractivity contribution in [2.24, 2.45) is 0 Å². The highest BCUT2D eigenvalue weighted by atomic mass is 79.9. The van der Waals surface area contributed by atoms with E-state index in [1.54, 1.807) is 23.1 Å². The summed E-state index contributed by atoms with van der Waals surface area (Å²) < 4.78 is 41.9. The second kappa shape index (κ2) is 11.0. The van der Waals surface area contributed by atoms with E-state index in [4.69, 9.17) is 4.98 Å². The van der Waals surface area contributed by atoms with E-state index in [0.717, 1.165) is 14.4 Å². The van der Waals surface area contributed by atoms with Crippen LogP contribution in [0.25, 0.3) is 22.3 Å². The monoisotopic (exact) mass is 652 g/mol. The van der Waals surface area contributed by atoms with Gasteiger partial charge in [0.25, 0.3) is 0 Å². The number of thioether (sulfide) groups is 1. The molecule has 5 rings (SSSR count). The van der Waals surface area contributed by atoms with Crippen molar-refractivity contribution in [2.75, 3.05) is 13.1 Å². The average Bonchev–Trinajstić information content (AvgIpc) is 3.42. The van der Waals surface area contributed by atoms with Gasteiger partial charge in [0.2, 0.25) is 5.91 Å². The Morgan fingerprint density at radius 3 is 2.52 bits per heavy atom. The highest BCUT2D eigenvalue weighted by Crippen LogP contribution is 2.44. The predicted octanol–water partition coefficient (Wildman–Crippen LogP) is 7.53. The Hall–Kier alpha value is -2.57. The van der Waals surface area contributed by atoms with Crippen LogP contribution in [0.5, 0.6) is 0 Å². The number of hydrogen-bond donors (Lipinski definition) is 1. The molecule has 4 aromatic rings. The Morgan fingerprint density at radius 2 is 1.85 bits per heavy atom. The number of para-hydroxylation sites is 2.